The Balaban J connectivity index is 0.000000873. The van der Waals surface area contributed by atoms with Crippen LogP contribution in [-0.2, 0) is 36.4 Å². The molecule has 4 atom stereocenters. The van der Waals surface area contributed by atoms with Gasteiger partial charge in [-0.25, -0.2) is 0 Å². The van der Waals surface area contributed by atoms with Crippen LogP contribution in [0.3, 0.4) is 0 Å². The zero-order chi connectivity index (χ0) is 50.5. The van der Waals surface area contributed by atoms with Crippen molar-refractivity contribution in [2.24, 2.45) is 23.7 Å². The summed E-state index contributed by atoms with van der Waals surface area (Å²) in [6.45, 7) is 13.0. The number of rotatable bonds is 16. The van der Waals surface area contributed by atoms with Crippen LogP contribution in [0.25, 0.3) is 0 Å². The van der Waals surface area contributed by atoms with Gasteiger partial charge in [-0.3, -0.25) is 0 Å². The predicted octanol–water partition coefficient (Wildman–Crippen LogP) is 14.5. The molecule has 0 nitrogen and oxygen atoms in total. The van der Waals surface area contributed by atoms with Crippen LogP contribution in [0, 0.1) is 64.2 Å². The molecule has 0 unspecified atom stereocenters. The Morgan fingerprint density at radius 2 is 0.437 bits per heavy atom. The topological polar surface area (TPSA) is 0 Å². The van der Waals surface area contributed by atoms with E-state index in [4.69, 9.17) is 0 Å². The largest absolute Gasteiger partial charge is 0.0622 e. The van der Waals surface area contributed by atoms with Crippen LogP contribution in [0.5, 0.6) is 0 Å². The fourth-order valence-electron chi connectivity index (χ4n) is 9.62. The van der Waals surface area contributed by atoms with Crippen LogP contribution >= 0.6 is 50.7 Å². The van der Waals surface area contributed by atoms with E-state index in [0.717, 1.165) is 0 Å². The van der Waals surface area contributed by atoms with Crippen LogP contribution in [0.4, 0.5) is 0 Å². The van der Waals surface area contributed by atoms with Gasteiger partial charge in [0.25, 0.3) is 0 Å². The van der Waals surface area contributed by atoms with E-state index in [1.807, 2.05) is 0 Å². The van der Waals surface area contributed by atoms with Crippen LogP contribution in [-0.4, -0.2) is 24.6 Å². The molecule has 0 bridgehead atoms. The molecular weight excluding hydrogens is 1160 g/mol. The van der Waals surface area contributed by atoms with Gasteiger partial charge in [-0.1, -0.05) is 243 Å². The molecule has 6 radical (unpaired) electrons. The Morgan fingerprint density at radius 3 is 0.592 bits per heavy atom. The van der Waals surface area contributed by atoms with Gasteiger partial charge in [-0.2, -0.15) is 0 Å². The average Bonchev–Trinajstić information content (AvgIpc) is 3.77. The summed E-state index contributed by atoms with van der Waals surface area (Å²) in [5.41, 5.74) is 0. The molecule has 8 aromatic carbocycles. The summed E-state index contributed by atoms with van der Waals surface area (Å²) in [7, 11) is 6.68. The quantitative estimate of drug-likeness (QED) is 0.0668. The summed E-state index contributed by atoms with van der Waals surface area (Å²) in [6, 6.07) is 92.3. The first-order valence-electron chi connectivity index (χ1n) is 23.7. The van der Waals surface area contributed by atoms with Gasteiger partial charge in [0.2, 0.25) is 0 Å². The molecule has 1 aliphatic carbocycles. The Morgan fingerprint density at radius 1 is 0.296 bits per heavy atom. The third-order valence-corrected chi connectivity index (χ3v) is 23.1. The summed E-state index contributed by atoms with van der Waals surface area (Å²) in [5.74, 6) is 2.31. The van der Waals surface area contributed by atoms with Crippen molar-refractivity contribution < 1.29 is 36.4 Å². The van der Waals surface area contributed by atoms with Crippen molar-refractivity contribution in [2.75, 3.05) is 24.6 Å². The van der Waals surface area contributed by atoms with Gasteiger partial charge in [0.15, 0.2) is 0 Å². The minimum Gasteiger partial charge on any atom is -0.0622 e. The molecule has 0 aromatic heterocycles. The molecule has 71 heavy (non-hydrogen) atoms. The van der Waals surface area contributed by atoms with Crippen LogP contribution in [0.2, 0.25) is 0 Å². The molecule has 0 heterocycles. The third-order valence-electron chi connectivity index (χ3n) is 12.5. The fourth-order valence-corrected chi connectivity index (χ4v) is 20.5. The van der Waals surface area contributed by atoms with Crippen LogP contribution in [0.15, 0.2) is 243 Å². The Kier molecular flexibility index (Phi) is 29.0. The maximum Gasteiger partial charge on any atom is -0.0195 e. The van der Waals surface area contributed by atoms with E-state index < -0.39 is 31.7 Å². The number of benzene rings is 8. The molecule has 0 aliphatic heterocycles. The van der Waals surface area contributed by atoms with Gasteiger partial charge < -0.3 is 0 Å². The van der Waals surface area contributed by atoms with Gasteiger partial charge in [0, 0.05) is 0 Å². The molecule has 0 N–H and O–H groups in total. The van der Waals surface area contributed by atoms with Crippen LogP contribution in [0.1, 0.15) is 6.42 Å². The van der Waals surface area contributed by atoms with Crippen molar-refractivity contribution in [3.05, 3.63) is 283 Å². The zero-order valence-electron chi connectivity index (χ0n) is 40.1. The third kappa shape index (κ3) is 18.3. The fraction of sp³-hybridized carbons (Fsp3) is 0.143. The standard InChI is InChI=1S/C57H54P4.2C3H5.2ClH.2Pd/c1-9-25-48(26-10-1)58(49-27-11-2-12-28-49)42-46-41-47(43-59(50-29-13-3-14-30-50)51-31-15-4-16-32-51)57(45-61(54-37-21-7-22-38-54)55-39-23-8-24-40-55)56(46)44-60(52-33-17-5-18-34-52)53-35-19-6-20-36-53;2*1-3-2;;;;/h1-40,46-47,56-57H,41-45H2;2*3H,1-2H2;2*1H;;/q;;;;;2*+2/p-2/t46-,47+,56+,57-;;;;;;. The van der Waals surface area contributed by atoms with E-state index in [1.165, 1.54) is 86.3 Å². The first kappa shape index (κ1) is 59.3. The van der Waals surface area contributed by atoms with Gasteiger partial charge >= 0.3 is 55.4 Å². The summed E-state index contributed by atoms with van der Waals surface area (Å²) >= 11 is 4.44. The first-order valence-corrected chi connectivity index (χ1v) is 33.8. The van der Waals surface area contributed by atoms with Crippen molar-refractivity contribution in [3.8, 4) is 0 Å². The SMILES string of the molecule is [CH2][CH][CH2].[CH2][CH][CH2].[Cl][Pd+].[Cl][Pd+].c1ccc(P(C[C@@H]2C[C@H](CP(c3ccccc3)c3ccccc3)[C@H](CP(c3ccccc3)c3ccccc3)[C@@H]2CP(c2ccccc2)c2ccccc2)c2ccccc2)cc1. The van der Waals surface area contributed by atoms with Gasteiger partial charge in [-0.15, -0.1) is 0 Å². The molecule has 0 amide bonds. The van der Waals surface area contributed by atoms with Gasteiger partial charge in [0.05, 0.1) is 0 Å². The molecule has 0 spiro atoms. The summed E-state index contributed by atoms with van der Waals surface area (Å²) in [5, 5.41) is 12.0. The minimum absolute atomic E-state index is 0.558. The van der Waals surface area contributed by atoms with Crippen molar-refractivity contribution in [3.63, 3.8) is 0 Å². The summed E-state index contributed by atoms with van der Waals surface area (Å²) in [6.07, 6.45) is 9.13. The summed E-state index contributed by atoms with van der Waals surface area (Å²) in [4.78, 5) is 0. The maximum atomic E-state index is 4.49. The Bertz CT molecular complexity index is 2200. The Labute approximate surface area is 463 Å². The summed E-state index contributed by atoms with van der Waals surface area (Å²) < 4.78 is 0. The second kappa shape index (κ2) is 34.8. The normalized spacial score (nSPS) is 15.9. The average molecular weight is 1230 g/mol. The van der Waals surface area contributed by atoms with E-state index in [1.54, 1.807) is 0 Å². The molecule has 0 saturated heterocycles. The maximum absolute atomic E-state index is 4.49. The number of halogens is 2. The second-order valence-corrected chi connectivity index (χ2v) is 25.8. The van der Waals surface area contributed by atoms with E-state index in [2.05, 4.69) is 326 Å². The molecule has 8 aromatic rings. The van der Waals surface area contributed by atoms with Crippen molar-refractivity contribution in [2.45, 2.75) is 6.42 Å². The molecule has 1 aliphatic rings. The first-order chi connectivity index (χ1) is 35.1. The zero-order valence-corrected chi connectivity index (χ0v) is 48.3. The molecule has 368 valence electrons. The number of hydrogen-bond donors (Lipinski definition) is 0. The molecule has 8 heteroatoms. The Hall–Kier alpha value is -2.62. The van der Waals surface area contributed by atoms with E-state index in [9.17, 15) is 0 Å². The van der Waals surface area contributed by atoms with Crippen LogP contribution < -0.4 is 42.4 Å². The van der Waals surface area contributed by atoms with E-state index in [0.29, 0.717) is 23.7 Å². The van der Waals surface area contributed by atoms with E-state index >= 15 is 0 Å². The monoisotopic (exact) mass is 1230 g/mol. The van der Waals surface area contributed by atoms with Gasteiger partial charge in [0.1, 0.15) is 0 Å². The minimum atomic E-state index is -0.589. The molecular formula is C63H64Cl2P4Pd2+2. The number of hydrogen-bond acceptors (Lipinski definition) is 0. The predicted molar refractivity (Wildman–Crippen MR) is 316 cm³/mol. The van der Waals surface area contributed by atoms with Gasteiger partial charge in [-0.05, 0) is 169 Å². The smallest absolute Gasteiger partial charge is 0.0195 e. The van der Waals surface area contributed by atoms with E-state index in [-0.39, 0.29) is 0 Å². The van der Waals surface area contributed by atoms with Crippen molar-refractivity contribution in [1.82, 2.24) is 0 Å². The molecule has 1 saturated carbocycles. The molecule has 9 rings (SSSR count). The second-order valence-electron chi connectivity index (χ2n) is 16.8. The van der Waals surface area contributed by atoms with Crippen molar-refractivity contribution >= 4 is 93.2 Å². The van der Waals surface area contributed by atoms with Crippen molar-refractivity contribution in [1.29, 1.82) is 0 Å². The molecule has 1 fully saturated rings.